The summed E-state index contributed by atoms with van der Waals surface area (Å²) in [5.41, 5.74) is 0. The van der Waals surface area contributed by atoms with Gasteiger partial charge in [-0.25, -0.2) is 5.10 Å². The highest BCUT2D eigenvalue weighted by atomic mass is 32.1. The summed E-state index contributed by atoms with van der Waals surface area (Å²) in [6.45, 7) is 1.97. The van der Waals surface area contributed by atoms with Gasteiger partial charge in [0.15, 0.2) is 4.77 Å². The van der Waals surface area contributed by atoms with Crippen molar-refractivity contribution in [2.24, 2.45) is 0 Å². The summed E-state index contributed by atoms with van der Waals surface area (Å²) >= 11 is 5.42. The van der Waals surface area contributed by atoms with Crippen molar-refractivity contribution in [2.75, 3.05) is 25.1 Å². The Kier molecular flexibility index (Phi) is 3.88. The van der Waals surface area contributed by atoms with Gasteiger partial charge in [-0.05, 0) is 37.9 Å². The fourth-order valence-electron chi connectivity index (χ4n) is 3.32. The average molecular weight is 282 g/mol. The number of anilines is 1. The highest BCUT2D eigenvalue weighted by molar-refractivity contribution is 7.71. The van der Waals surface area contributed by atoms with Crippen LogP contribution in [-0.2, 0) is 4.74 Å². The monoisotopic (exact) mass is 282 g/mol. The Morgan fingerprint density at radius 2 is 2.05 bits per heavy atom. The first-order chi connectivity index (χ1) is 9.29. The van der Waals surface area contributed by atoms with Crippen molar-refractivity contribution in [3.8, 4) is 0 Å². The Morgan fingerprint density at radius 1 is 1.26 bits per heavy atom. The number of aromatic amines is 1. The lowest BCUT2D eigenvalue weighted by molar-refractivity contribution is 0.0886. The molecule has 0 bridgehead atoms. The van der Waals surface area contributed by atoms with E-state index in [0.29, 0.717) is 12.1 Å². The van der Waals surface area contributed by atoms with Gasteiger partial charge in [-0.1, -0.05) is 12.8 Å². The first-order valence-electron chi connectivity index (χ1n) is 7.24. The standard InChI is InChI=1S/C13H22N4OS/c1-18-11-7-4-8-16(9-11)12-14-15-13(19)17(12)10-5-2-3-6-10/h10-11H,2-9H2,1H3,(H,15,19). The van der Waals surface area contributed by atoms with Crippen LogP contribution in [0.1, 0.15) is 44.6 Å². The highest BCUT2D eigenvalue weighted by Gasteiger charge is 2.27. The zero-order valence-corrected chi connectivity index (χ0v) is 12.3. The number of rotatable bonds is 3. The maximum atomic E-state index is 5.50. The van der Waals surface area contributed by atoms with Crippen LogP contribution in [0.3, 0.4) is 0 Å². The van der Waals surface area contributed by atoms with Gasteiger partial charge < -0.3 is 9.64 Å². The SMILES string of the molecule is COC1CCCN(c2n[nH]c(=S)n2C2CCCC2)C1. The van der Waals surface area contributed by atoms with Crippen LogP contribution in [-0.4, -0.2) is 41.1 Å². The normalized spacial score (nSPS) is 25.1. The molecule has 1 aromatic rings. The lowest BCUT2D eigenvalue weighted by atomic mass is 10.1. The molecule has 5 nitrogen and oxygen atoms in total. The molecule has 1 unspecified atom stereocenters. The third-order valence-corrected chi connectivity index (χ3v) is 4.66. The molecule has 2 heterocycles. The third kappa shape index (κ3) is 2.56. The molecule has 0 aromatic carbocycles. The van der Waals surface area contributed by atoms with Gasteiger partial charge in [0, 0.05) is 26.2 Å². The summed E-state index contributed by atoms with van der Waals surface area (Å²) in [4.78, 5) is 2.32. The van der Waals surface area contributed by atoms with E-state index in [9.17, 15) is 0 Å². The number of aromatic nitrogens is 3. The molecule has 1 aliphatic carbocycles. The van der Waals surface area contributed by atoms with E-state index in [1.165, 1.54) is 25.7 Å². The number of methoxy groups -OCH3 is 1. The average Bonchev–Trinajstić information content (AvgIpc) is 3.07. The lowest BCUT2D eigenvalue weighted by Gasteiger charge is -2.33. The predicted molar refractivity (Wildman–Crippen MR) is 77.2 cm³/mol. The van der Waals surface area contributed by atoms with Crippen LogP contribution in [0.25, 0.3) is 0 Å². The molecular formula is C13H22N4OS. The van der Waals surface area contributed by atoms with E-state index >= 15 is 0 Å². The largest absolute Gasteiger partial charge is 0.380 e. The molecule has 2 fully saturated rings. The fraction of sp³-hybridized carbons (Fsp3) is 0.846. The molecule has 1 aromatic heterocycles. The predicted octanol–water partition coefficient (Wildman–Crippen LogP) is 2.67. The molecular weight excluding hydrogens is 260 g/mol. The van der Waals surface area contributed by atoms with E-state index in [1.807, 2.05) is 0 Å². The lowest BCUT2D eigenvalue weighted by Crippen LogP contribution is -2.40. The molecule has 2 aliphatic rings. The number of nitrogens with one attached hydrogen (secondary N) is 1. The quantitative estimate of drug-likeness (QED) is 0.866. The Balaban J connectivity index is 1.85. The van der Waals surface area contributed by atoms with Crippen molar-refractivity contribution < 1.29 is 4.74 Å². The van der Waals surface area contributed by atoms with Crippen molar-refractivity contribution >= 4 is 18.2 Å². The van der Waals surface area contributed by atoms with E-state index in [1.54, 1.807) is 7.11 Å². The van der Waals surface area contributed by atoms with Gasteiger partial charge in [-0.3, -0.25) is 4.57 Å². The summed E-state index contributed by atoms with van der Waals surface area (Å²) < 4.78 is 8.50. The van der Waals surface area contributed by atoms with Crippen LogP contribution in [0.5, 0.6) is 0 Å². The Bertz CT molecular complexity index is 477. The smallest absolute Gasteiger partial charge is 0.226 e. The van der Waals surface area contributed by atoms with Crippen molar-refractivity contribution in [2.45, 2.75) is 50.7 Å². The molecule has 6 heteroatoms. The number of hydrogen-bond donors (Lipinski definition) is 1. The molecule has 106 valence electrons. The molecule has 1 aliphatic heterocycles. The molecule has 19 heavy (non-hydrogen) atoms. The maximum absolute atomic E-state index is 5.50. The minimum atomic E-state index is 0.316. The molecule has 1 saturated carbocycles. The van der Waals surface area contributed by atoms with Crippen molar-refractivity contribution in [1.82, 2.24) is 14.8 Å². The van der Waals surface area contributed by atoms with Crippen LogP contribution >= 0.6 is 12.2 Å². The van der Waals surface area contributed by atoms with Gasteiger partial charge in [-0.2, -0.15) is 0 Å². The first kappa shape index (κ1) is 13.1. The number of hydrogen-bond acceptors (Lipinski definition) is 4. The van der Waals surface area contributed by atoms with Crippen molar-refractivity contribution in [3.63, 3.8) is 0 Å². The van der Waals surface area contributed by atoms with Gasteiger partial charge in [0.25, 0.3) is 0 Å². The van der Waals surface area contributed by atoms with Crippen LogP contribution in [0, 0.1) is 4.77 Å². The molecule has 1 N–H and O–H groups in total. The summed E-state index contributed by atoms with van der Waals surface area (Å²) in [5.74, 6) is 1.01. The maximum Gasteiger partial charge on any atom is 0.226 e. The fourth-order valence-corrected chi connectivity index (χ4v) is 3.60. The zero-order valence-electron chi connectivity index (χ0n) is 11.5. The van der Waals surface area contributed by atoms with E-state index in [4.69, 9.17) is 17.0 Å². The second-order valence-electron chi connectivity index (χ2n) is 5.58. The van der Waals surface area contributed by atoms with E-state index < -0.39 is 0 Å². The molecule has 0 amide bonds. The molecule has 1 saturated heterocycles. The number of H-pyrrole nitrogens is 1. The topological polar surface area (TPSA) is 46.1 Å². The Labute approximate surface area is 118 Å². The summed E-state index contributed by atoms with van der Waals surface area (Å²) in [6, 6.07) is 0.532. The first-order valence-corrected chi connectivity index (χ1v) is 7.65. The van der Waals surface area contributed by atoms with Gasteiger partial charge in [0.05, 0.1) is 6.10 Å². The van der Waals surface area contributed by atoms with Crippen LogP contribution in [0.2, 0.25) is 0 Å². The third-order valence-electron chi connectivity index (χ3n) is 4.37. The summed E-state index contributed by atoms with van der Waals surface area (Å²) in [7, 11) is 1.79. The van der Waals surface area contributed by atoms with E-state index in [2.05, 4.69) is 19.7 Å². The number of piperidine rings is 1. The number of ether oxygens (including phenoxy) is 1. The molecule has 0 radical (unpaired) electrons. The second kappa shape index (κ2) is 5.63. The van der Waals surface area contributed by atoms with Gasteiger partial charge in [0.2, 0.25) is 5.95 Å². The minimum Gasteiger partial charge on any atom is -0.380 e. The van der Waals surface area contributed by atoms with Crippen LogP contribution in [0.15, 0.2) is 0 Å². The van der Waals surface area contributed by atoms with E-state index in [-0.39, 0.29) is 0 Å². The zero-order chi connectivity index (χ0) is 13.2. The highest BCUT2D eigenvalue weighted by Crippen LogP contribution is 2.33. The summed E-state index contributed by atoms with van der Waals surface area (Å²) in [5, 5.41) is 7.45. The minimum absolute atomic E-state index is 0.316. The molecule has 3 rings (SSSR count). The molecule has 1 atom stereocenters. The van der Waals surface area contributed by atoms with E-state index in [0.717, 1.165) is 36.7 Å². The summed E-state index contributed by atoms with van der Waals surface area (Å²) in [6.07, 6.45) is 7.67. The van der Waals surface area contributed by atoms with Crippen LogP contribution in [0.4, 0.5) is 5.95 Å². The Morgan fingerprint density at radius 3 is 2.79 bits per heavy atom. The number of nitrogens with zero attached hydrogens (tertiary/aromatic N) is 3. The second-order valence-corrected chi connectivity index (χ2v) is 5.97. The van der Waals surface area contributed by atoms with Crippen molar-refractivity contribution in [1.29, 1.82) is 0 Å². The van der Waals surface area contributed by atoms with Gasteiger partial charge >= 0.3 is 0 Å². The van der Waals surface area contributed by atoms with Crippen molar-refractivity contribution in [3.05, 3.63) is 4.77 Å². The van der Waals surface area contributed by atoms with Gasteiger partial charge in [0.1, 0.15) is 0 Å². The Hall–Kier alpha value is -0.880. The molecule has 0 spiro atoms. The van der Waals surface area contributed by atoms with Crippen LogP contribution < -0.4 is 4.90 Å². The van der Waals surface area contributed by atoms with Gasteiger partial charge in [-0.15, -0.1) is 5.10 Å².